The number of rotatable bonds is 4. The summed E-state index contributed by atoms with van der Waals surface area (Å²) < 4.78 is 27.2. The molecule has 0 amide bonds. The van der Waals surface area contributed by atoms with Crippen molar-refractivity contribution in [2.24, 2.45) is 0 Å². The number of hydrogen-bond donors (Lipinski definition) is 1. The highest BCUT2D eigenvalue weighted by Crippen LogP contribution is 2.20. The summed E-state index contributed by atoms with van der Waals surface area (Å²) in [6, 6.07) is 2.80. The van der Waals surface area contributed by atoms with Crippen LogP contribution in [0.1, 0.15) is 11.7 Å². The fourth-order valence-electron chi connectivity index (χ4n) is 1.59. The molecule has 0 saturated heterocycles. The van der Waals surface area contributed by atoms with Crippen molar-refractivity contribution in [3.05, 3.63) is 57.9 Å². The van der Waals surface area contributed by atoms with E-state index in [4.69, 9.17) is 0 Å². The SMILES string of the molecule is O=[N+]([O-])c1cnn(CC(O)c2ccc(F)cc2F)c1. The first kappa shape index (κ1) is 13.1. The van der Waals surface area contributed by atoms with Crippen molar-refractivity contribution in [2.45, 2.75) is 12.6 Å². The van der Waals surface area contributed by atoms with Gasteiger partial charge >= 0.3 is 5.69 Å². The normalized spacial score (nSPS) is 12.4. The summed E-state index contributed by atoms with van der Waals surface area (Å²) in [5.41, 5.74) is -0.327. The monoisotopic (exact) mass is 269 g/mol. The highest BCUT2D eigenvalue weighted by molar-refractivity contribution is 5.22. The van der Waals surface area contributed by atoms with E-state index in [1.807, 2.05) is 0 Å². The molecule has 1 aromatic heterocycles. The second-order valence-corrected chi connectivity index (χ2v) is 3.86. The predicted molar refractivity (Wildman–Crippen MR) is 60.2 cm³/mol. The number of nitrogens with zero attached hydrogens (tertiary/aromatic N) is 3. The predicted octanol–water partition coefficient (Wildman–Crippen LogP) is 1.80. The molecule has 1 atom stereocenters. The van der Waals surface area contributed by atoms with E-state index < -0.39 is 22.7 Å². The third-order valence-electron chi connectivity index (χ3n) is 2.51. The Bertz CT molecular complexity index is 615. The van der Waals surface area contributed by atoms with Crippen LogP contribution in [-0.4, -0.2) is 19.8 Å². The van der Waals surface area contributed by atoms with Crippen LogP contribution in [0, 0.1) is 21.7 Å². The van der Waals surface area contributed by atoms with E-state index in [1.165, 1.54) is 0 Å². The standard InChI is InChI=1S/C11H9F2N3O3/c12-7-1-2-9(10(13)3-7)11(17)6-15-5-8(4-14-15)16(18)19/h1-5,11,17H,6H2. The number of hydrogen-bond acceptors (Lipinski definition) is 4. The number of nitro groups is 1. The van der Waals surface area contributed by atoms with Crippen LogP contribution in [0.4, 0.5) is 14.5 Å². The van der Waals surface area contributed by atoms with Crippen molar-refractivity contribution < 1.29 is 18.8 Å². The van der Waals surface area contributed by atoms with E-state index in [0.717, 1.165) is 29.2 Å². The number of aliphatic hydroxyl groups excluding tert-OH is 1. The van der Waals surface area contributed by atoms with Crippen LogP contribution in [0.3, 0.4) is 0 Å². The molecule has 1 unspecified atom stereocenters. The molecule has 0 aliphatic rings. The van der Waals surface area contributed by atoms with E-state index >= 15 is 0 Å². The van der Waals surface area contributed by atoms with Gasteiger partial charge in [-0.05, 0) is 6.07 Å². The van der Waals surface area contributed by atoms with Crippen LogP contribution in [0.25, 0.3) is 0 Å². The average molecular weight is 269 g/mol. The Morgan fingerprint density at radius 3 is 2.79 bits per heavy atom. The molecule has 2 rings (SSSR count). The first-order valence-corrected chi connectivity index (χ1v) is 5.27. The third-order valence-corrected chi connectivity index (χ3v) is 2.51. The van der Waals surface area contributed by atoms with Crippen molar-refractivity contribution in [1.82, 2.24) is 9.78 Å². The number of halogens is 2. The molecule has 2 aromatic rings. The second kappa shape index (κ2) is 5.11. The van der Waals surface area contributed by atoms with E-state index in [1.54, 1.807) is 0 Å². The molecule has 0 fully saturated rings. The maximum atomic E-state index is 13.4. The van der Waals surface area contributed by atoms with Crippen molar-refractivity contribution in [3.8, 4) is 0 Å². The Morgan fingerprint density at radius 1 is 1.47 bits per heavy atom. The maximum Gasteiger partial charge on any atom is 0.306 e. The molecule has 0 saturated carbocycles. The van der Waals surface area contributed by atoms with Gasteiger partial charge in [-0.25, -0.2) is 8.78 Å². The topological polar surface area (TPSA) is 81.2 Å². The minimum atomic E-state index is -1.28. The maximum absolute atomic E-state index is 13.4. The highest BCUT2D eigenvalue weighted by Gasteiger charge is 2.16. The summed E-state index contributed by atoms with van der Waals surface area (Å²) >= 11 is 0. The first-order valence-electron chi connectivity index (χ1n) is 5.27. The molecule has 6 nitrogen and oxygen atoms in total. The van der Waals surface area contributed by atoms with Gasteiger partial charge < -0.3 is 5.11 Å². The van der Waals surface area contributed by atoms with Crippen LogP contribution in [0.2, 0.25) is 0 Å². The lowest BCUT2D eigenvalue weighted by atomic mass is 10.1. The molecule has 8 heteroatoms. The number of aliphatic hydroxyl groups is 1. The van der Waals surface area contributed by atoms with Crippen molar-refractivity contribution in [3.63, 3.8) is 0 Å². The Hall–Kier alpha value is -2.35. The summed E-state index contributed by atoms with van der Waals surface area (Å²) in [6.07, 6.45) is 0.860. The molecule has 1 aromatic carbocycles. The molecule has 1 heterocycles. The lowest BCUT2D eigenvalue weighted by molar-refractivity contribution is -0.385. The first-order chi connectivity index (χ1) is 8.97. The van der Waals surface area contributed by atoms with E-state index in [2.05, 4.69) is 5.10 Å². The van der Waals surface area contributed by atoms with E-state index in [9.17, 15) is 24.0 Å². The smallest absolute Gasteiger partial charge is 0.306 e. The zero-order valence-corrected chi connectivity index (χ0v) is 9.53. The summed E-state index contributed by atoms with van der Waals surface area (Å²) in [6.45, 7) is -0.170. The van der Waals surface area contributed by atoms with E-state index in [0.29, 0.717) is 6.07 Å². The fraction of sp³-hybridized carbons (Fsp3) is 0.182. The Labute approximate surface area is 106 Å². The largest absolute Gasteiger partial charge is 0.386 e. The van der Waals surface area contributed by atoms with Gasteiger partial charge in [-0.3, -0.25) is 14.8 Å². The van der Waals surface area contributed by atoms with E-state index in [-0.39, 0.29) is 17.8 Å². The molecule has 0 aliphatic carbocycles. The Kier molecular flexibility index (Phi) is 3.52. The summed E-state index contributed by atoms with van der Waals surface area (Å²) in [4.78, 5) is 9.82. The zero-order valence-electron chi connectivity index (χ0n) is 9.53. The Balaban J connectivity index is 2.15. The van der Waals surface area contributed by atoms with Gasteiger partial charge in [0, 0.05) is 11.6 Å². The molecular weight excluding hydrogens is 260 g/mol. The summed E-state index contributed by atoms with van der Waals surface area (Å²) in [7, 11) is 0. The number of aromatic nitrogens is 2. The second-order valence-electron chi connectivity index (χ2n) is 3.86. The fourth-order valence-corrected chi connectivity index (χ4v) is 1.59. The zero-order chi connectivity index (χ0) is 14.0. The van der Waals surface area contributed by atoms with Crippen LogP contribution in [0.15, 0.2) is 30.6 Å². The Morgan fingerprint density at radius 2 is 2.21 bits per heavy atom. The molecule has 0 radical (unpaired) electrons. The van der Waals surface area contributed by atoms with Gasteiger partial charge in [0.05, 0.1) is 11.5 Å². The molecule has 100 valence electrons. The summed E-state index contributed by atoms with van der Waals surface area (Å²) in [5, 5.41) is 23.9. The van der Waals surface area contributed by atoms with Gasteiger partial charge in [-0.1, -0.05) is 6.07 Å². The van der Waals surface area contributed by atoms with Gasteiger partial charge in [0.1, 0.15) is 30.1 Å². The molecule has 0 spiro atoms. The van der Waals surface area contributed by atoms with Gasteiger partial charge in [-0.2, -0.15) is 5.10 Å². The van der Waals surface area contributed by atoms with Crippen LogP contribution in [-0.2, 0) is 6.54 Å². The quantitative estimate of drug-likeness (QED) is 0.677. The molecule has 1 N–H and O–H groups in total. The van der Waals surface area contributed by atoms with Gasteiger partial charge in [0.25, 0.3) is 0 Å². The lowest BCUT2D eigenvalue weighted by Gasteiger charge is -2.11. The molecule has 0 aliphatic heterocycles. The van der Waals surface area contributed by atoms with Crippen LogP contribution < -0.4 is 0 Å². The third kappa shape index (κ3) is 2.91. The lowest BCUT2D eigenvalue weighted by Crippen LogP contribution is -2.10. The van der Waals surface area contributed by atoms with Crippen molar-refractivity contribution in [2.75, 3.05) is 0 Å². The van der Waals surface area contributed by atoms with Gasteiger partial charge in [0.2, 0.25) is 0 Å². The number of benzene rings is 1. The molecule has 19 heavy (non-hydrogen) atoms. The minimum Gasteiger partial charge on any atom is -0.386 e. The highest BCUT2D eigenvalue weighted by atomic mass is 19.1. The van der Waals surface area contributed by atoms with Gasteiger partial charge in [-0.15, -0.1) is 0 Å². The average Bonchev–Trinajstić information content (AvgIpc) is 2.77. The molecular formula is C11H9F2N3O3. The van der Waals surface area contributed by atoms with Gasteiger partial charge in [0.15, 0.2) is 0 Å². The van der Waals surface area contributed by atoms with Crippen molar-refractivity contribution >= 4 is 5.69 Å². The van der Waals surface area contributed by atoms with Crippen molar-refractivity contribution in [1.29, 1.82) is 0 Å². The molecule has 0 bridgehead atoms. The minimum absolute atomic E-state index is 0.0976. The van der Waals surface area contributed by atoms with Crippen LogP contribution >= 0.6 is 0 Å². The van der Waals surface area contributed by atoms with Crippen LogP contribution in [0.5, 0.6) is 0 Å². The summed E-state index contributed by atoms with van der Waals surface area (Å²) in [5.74, 6) is -1.63.